The van der Waals surface area contributed by atoms with Gasteiger partial charge in [-0.15, -0.1) is 0 Å². The van der Waals surface area contributed by atoms with Crippen molar-refractivity contribution in [1.29, 1.82) is 0 Å². The van der Waals surface area contributed by atoms with Gasteiger partial charge in [0, 0.05) is 42.3 Å². The van der Waals surface area contributed by atoms with E-state index in [4.69, 9.17) is 0 Å². The summed E-state index contributed by atoms with van der Waals surface area (Å²) in [5.41, 5.74) is 7.04. The van der Waals surface area contributed by atoms with E-state index in [-0.39, 0.29) is 16.2 Å². The van der Waals surface area contributed by atoms with Crippen LogP contribution in [0, 0.1) is 0 Å². The first-order valence-electron chi connectivity index (χ1n) is 12.4. The van der Waals surface area contributed by atoms with Crippen LogP contribution in [0.2, 0.25) is 0 Å². The summed E-state index contributed by atoms with van der Waals surface area (Å²) in [6.45, 7) is 7.66. The fraction of sp³-hybridized carbons (Fsp3) is 0.200. The van der Waals surface area contributed by atoms with Gasteiger partial charge in [-0.2, -0.15) is 5.10 Å². The second-order valence-electron chi connectivity index (χ2n) is 10.1. The van der Waals surface area contributed by atoms with Gasteiger partial charge >= 0.3 is 0 Å². The highest BCUT2D eigenvalue weighted by Gasteiger charge is 2.22. The molecule has 1 aromatic heterocycles. The van der Waals surface area contributed by atoms with Gasteiger partial charge < -0.3 is 0 Å². The van der Waals surface area contributed by atoms with Gasteiger partial charge in [-0.05, 0) is 35.2 Å². The van der Waals surface area contributed by atoms with Crippen molar-refractivity contribution in [3.05, 3.63) is 95.7 Å². The van der Waals surface area contributed by atoms with Crippen molar-refractivity contribution in [3.8, 4) is 0 Å². The number of rotatable bonds is 4. The van der Waals surface area contributed by atoms with Crippen molar-refractivity contribution in [2.45, 2.75) is 44.4 Å². The molecule has 0 saturated heterocycles. The zero-order valence-corrected chi connectivity index (χ0v) is 23.1. The van der Waals surface area contributed by atoms with Crippen molar-refractivity contribution < 1.29 is 18.0 Å². The molecular formula is C30H30N4O4S. The monoisotopic (exact) mass is 542 g/mol. The number of hydrazone groups is 1. The molecule has 0 fully saturated rings. The van der Waals surface area contributed by atoms with E-state index in [1.807, 2.05) is 36.4 Å². The van der Waals surface area contributed by atoms with Gasteiger partial charge in [0.25, 0.3) is 10.0 Å². The van der Waals surface area contributed by atoms with Gasteiger partial charge in [0.05, 0.1) is 21.8 Å². The number of hydrogen-bond donors (Lipinski definition) is 1. The molecule has 8 nitrogen and oxygen atoms in total. The summed E-state index contributed by atoms with van der Waals surface area (Å²) in [6, 6.07) is 21.6. The van der Waals surface area contributed by atoms with E-state index >= 15 is 0 Å². The smallest absolute Gasteiger partial charge is 0.268 e. The van der Waals surface area contributed by atoms with Crippen molar-refractivity contribution in [2.24, 2.45) is 10.1 Å². The molecule has 1 amide bonds. The van der Waals surface area contributed by atoms with E-state index in [0.717, 1.165) is 22.5 Å². The number of nitrogens with zero attached hydrogens (tertiary/aromatic N) is 3. The summed E-state index contributed by atoms with van der Waals surface area (Å²) in [6.07, 6.45) is 4.50. The average molecular weight is 543 g/mol. The number of carbonyl (C=O) groups is 2. The predicted octanol–water partition coefficient (Wildman–Crippen LogP) is 5.62. The molecule has 0 atom stereocenters. The van der Waals surface area contributed by atoms with Crippen LogP contribution in [0.5, 0.6) is 0 Å². The zero-order chi connectivity index (χ0) is 28.2. The Morgan fingerprint density at radius 2 is 1.67 bits per heavy atom. The van der Waals surface area contributed by atoms with Gasteiger partial charge in [0.2, 0.25) is 5.91 Å². The second kappa shape index (κ2) is 11.2. The molecule has 0 unspecified atom stereocenters. The van der Waals surface area contributed by atoms with Crippen LogP contribution in [0.4, 0.5) is 5.69 Å². The van der Waals surface area contributed by atoms with Crippen LogP contribution in [0.15, 0.2) is 94.0 Å². The lowest BCUT2D eigenvalue weighted by Crippen LogP contribution is -2.17. The van der Waals surface area contributed by atoms with E-state index in [0.29, 0.717) is 29.2 Å². The largest absolute Gasteiger partial charge is 0.298 e. The molecule has 1 aliphatic heterocycles. The lowest BCUT2D eigenvalue weighted by atomic mass is 9.87. The number of amides is 1. The lowest BCUT2D eigenvalue weighted by Gasteiger charge is -2.19. The Hall–Kier alpha value is -4.37. The van der Waals surface area contributed by atoms with Crippen molar-refractivity contribution in [1.82, 2.24) is 9.40 Å². The number of nitrogens with one attached hydrogen (secondary N) is 1. The molecule has 0 saturated carbocycles. The van der Waals surface area contributed by atoms with Crippen LogP contribution in [-0.4, -0.2) is 36.5 Å². The summed E-state index contributed by atoms with van der Waals surface area (Å²) in [4.78, 5) is 26.4. The van der Waals surface area contributed by atoms with Crippen LogP contribution in [0.25, 0.3) is 10.9 Å². The molecule has 3 aromatic carbocycles. The number of fused-ring (bicyclic) bond motifs is 2. The number of carbonyl (C=O) groups excluding carboxylic acids is 2. The molecule has 5 rings (SSSR count). The lowest BCUT2D eigenvalue weighted by molar-refractivity contribution is -0.118. The molecule has 39 heavy (non-hydrogen) atoms. The third-order valence-electron chi connectivity index (χ3n) is 6.19. The number of benzene rings is 3. The topological polar surface area (TPSA) is 110 Å². The minimum Gasteiger partial charge on any atom is -0.298 e. The maximum Gasteiger partial charge on any atom is 0.268 e. The van der Waals surface area contributed by atoms with Crippen molar-refractivity contribution >= 4 is 50.7 Å². The Balaban J connectivity index is 0.000000202. The molecular weight excluding hydrogens is 512 g/mol. The quantitative estimate of drug-likeness (QED) is 0.267. The number of hydrogen-bond acceptors (Lipinski definition) is 6. The molecule has 4 aromatic rings. The first-order valence-corrected chi connectivity index (χ1v) is 13.8. The first kappa shape index (κ1) is 27.7. The second-order valence-corrected chi connectivity index (χ2v) is 11.9. The van der Waals surface area contributed by atoms with Crippen molar-refractivity contribution in [2.75, 3.05) is 0 Å². The summed E-state index contributed by atoms with van der Waals surface area (Å²) >= 11 is 0. The minimum absolute atomic E-state index is 0.0485. The van der Waals surface area contributed by atoms with E-state index < -0.39 is 10.0 Å². The SMILES string of the molecule is CC(=O)NN=C1CC=Nc2ccccc21.CC(C)(C)c1ccc(S(=O)(=O)n2cc(C=O)c3ccccc32)cc1. The first-order chi connectivity index (χ1) is 18.5. The standard InChI is InChI=1S/C19H19NO3S.C11H11N3O/c1-19(2,3)15-8-10-16(11-9-15)24(22,23)20-12-14(13-21)17-6-4-5-7-18(17)20;1-8(15)13-14-11-6-7-12-10-5-3-2-4-9(10)11/h4-13H,1-3H3;2-5,7H,6H2,1H3,(H,13,15). The summed E-state index contributed by atoms with van der Waals surface area (Å²) in [5, 5.41) is 4.68. The van der Waals surface area contributed by atoms with Gasteiger partial charge in [0.15, 0.2) is 6.29 Å². The molecule has 9 heteroatoms. The van der Waals surface area contributed by atoms with E-state index in [1.54, 1.807) is 42.6 Å². The maximum absolute atomic E-state index is 13.0. The Kier molecular flexibility index (Phi) is 7.92. The maximum atomic E-state index is 13.0. The fourth-order valence-electron chi connectivity index (χ4n) is 4.13. The van der Waals surface area contributed by atoms with E-state index in [2.05, 4.69) is 36.3 Å². The Labute approximate surface area is 228 Å². The van der Waals surface area contributed by atoms with Gasteiger partial charge in [0.1, 0.15) is 0 Å². The summed E-state index contributed by atoms with van der Waals surface area (Å²) < 4.78 is 27.1. The summed E-state index contributed by atoms with van der Waals surface area (Å²) in [7, 11) is -3.76. The van der Waals surface area contributed by atoms with Gasteiger partial charge in [-0.3, -0.25) is 14.6 Å². The van der Waals surface area contributed by atoms with Crippen LogP contribution in [0.1, 0.15) is 55.6 Å². The van der Waals surface area contributed by atoms with Gasteiger partial charge in [-0.1, -0.05) is 69.3 Å². The van der Waals surface area contributed by atoms with E-state index in [1.165, 1.54) is 17.1 Å². The Bertz CT molecular complexity index is 1690. The molecule has 0 aliphatic carbocycles. The number of aldehydes is 1. The molecule has 1 aliphatic rings. The molecule has 1 N–H and O–H groups in total. The molecule has 200 valence electrons. The third kappa shape index (κ3) is 6.04. The van der Waals surface area contributed by atoms with Crippen LogP contribution < -0.4 is 5.43 Å². The highest BCUT2D eigenvalue weighted by molar-refractivity contribution is 7.90. The number of aromatic nitrogens is 1. The molecule has 0 bridgehead atoms. The highest BCUT2D eigenvalue weighted by Crippen LogP contribution is 2.28. The fourth-order valence-corrected chi connectivity index (χ4v) is 5.51. The van der Waals surface area contributed by atoms with Crippen LogP contribution in [0.3, 0.4) is 0 Å². The Morgan fingerprint density at radius 3 is 2.33 bits per heavy atom. The molecule has 2 heterocycles. The zero-order valence-electron chi connectivity index (χ0n) is 22.3. The van der Waals surface area contributed by atoms with Crippen molar-refractivity contribution in [3.63, 3.8) is 0 Å². The van der Waals surface area contributed by atoms with Gasteiger partial charge in [-0.25, -0.2) is 17.8 Å². The molecule has 0 radical (unpaired) electrons. The number of para-hydroxylation sites is 2. The minimum atomic E-state index is -3.76. The highest BCUT2D eigenvalue weighted by atomic mass is 32.2. The van der Waals surface area contributed by atoms with Crippen LogP contribution >= 0.6 is 0 Å². The predicted molar refractivity (Wildman–Crippen MR) is 155 cm³/mol. The summed E-state index contributed by atoms with van der Waals surface area (Å²) in [5.74, 6) is -0.164. The average Bonchev–Trinajstić information content (AvgIpc) is 3.31. The molecule has 0 spiro atoms. The third-order valence-corrected chi connectivity index (χ3v) is 7.88. The number of aliphatic imine (C=N–C) groups is 1. The normalized spacial score (nSPS) is 13.9. The Morgan fingerprint density at radius 1 is 1.00 bits per heavy atom. The van der Waals surface area contributed by atoms with E-state index in [9.17, 15) is 18.0 Å². The van der Waals surface area contributed by atoms with Crippen LogP contribution in [-0.2, 0) is 20.2 Å².